The van der Waals surface area contributed by atoms with Gasteiger partial charge >= 0.3 is 13.9 Å². The first kappa shape index (κ1) is 15.6. The lowest BCUT2D eigenvalue weighted by Crippen LogP contribution is -2.31. The summed E-state index contributed by atoms with van der Waals surface area (Å²) in [6.07, 6.45) is 6.05. The fraction of sp³-hybridized carbons (Fsp3) is 0.500. The van der Waals surface area contributed by atoms with E-state index >= 15 is 0 Å². The summed E-state index contributed by atoms with van der Waals surface area (Å²) in [5.41, 5.74) is -1.06. The van der Waals surface area contributed by atoms with E-state index in [1.165, 1.54) is 23.9 Å². The number of ether oxygens (including phenoxy) is 1. The van der Waals surface area contributed by atoms with Crippen molar-refractivity contribution in [2.24, 2.45) is 5.92 Å². The Labute approximate surface area is 121 Å². The average Bonchev–Trinajstić information content (AvgIpc) is 2.87. The number of rotatable bonds is 5. The van der Waals surface area contributed by atoms with Gasteiger partial charge in [-0.05, 0) is 0 Å². The van der Waals surface area contributed by atoms with Gasteiger partial charge in [0.25, 0.3) is 5.56 Å². The maximum atomic E-state index is 11.7. The Kier molecular flexibility index (Phi) is 5.04. The van der Waals surface area contributed by atoms with Gasteiger partial charge in [-0.2, -0.15) is 0 Å². The van der Waals surface area contributed by atoms with Gasteiger partial charge in [0.15, 0.2) is 0 Å². The van der Waals surface area contributed by atoms with Gasteiger partial charge in [0.05, 0.1) is 13.0 Å². The van der Waals surface area contributed by atoms with Crippen LogP contribution < -0.4 is 11.2 Å². The zero-order valence-electron chi connectivity index (χ0n) is 11.2. The summed E-state index contributed by atoms with van der Waals surface area (Å²) >= 11 is 0. The summed E-state index contributed by atoms with van der Waals surface area (Å²) in [6, 6.07) is 1.22. The summed E-state index contributed by atoms with van der Waals surface area (Å²) in [4.78, 5) is 24.9. The number of nitrogens with one attached hydrogen (secondary N) is 1. The van der Waals surface area contributed by atoms with Crippen LogP contribution in [0.1, 0.15) is 12.6 Å². The van der Waals surface area contributed by atoms with Gasteiger partial charge < -0.3 is 4.74 Å². The second-order valence-electron chi connectivity index (χ2n) is 4.36. The van der Waals surface area contributed by atoms with Crippen molar-refractivity contribution in [2.75, 3.05) is 13.7 Å². The monoisotopic (exact) mass is 313 g/mol. The van der Waals surface area contributed by atoms with E-state index in [1.54, 1.807) is 0 Å². The van der Waals surface area contributed by atoms with Crippen molar-refractivity contribution in [3.8, 4) is 12.3 Å². The molecular weight excluding hydrogens is 299 g/mol. The maximum absolute atomic E-state index is 11.7. The number of hydrogen-bond acceptors (Lipinski definition) is 6. The summed E-state index contributed by atoms with van der Waals surface area (Å²) < 4.78 is 27.5. The lowest BCUT2D eigenvalue weighted by molar-refractivity contribution is -0.0248. The van der Waals surface area contributed by atoms with Crippen LogP contribution in [-0.4, -0.2) is 29.4 Å². The molecule has 1 fully saturated rings. The molecule has 3 unspecified atom stereocenters. The van der Waals surface area contributed by atoms with Crippen LogP contribution >= 0.6 is 8.25 Å². The molecule has 4 atom stereocenters. The molecule has 1 aromatic rings. The van der Waals surface area contributed by atoms with Crippen LogP contribution in [0.15, 0.2) is 21.9 Å². The highest BCUT2D eigenvalue weighted by Crippen LogP contribution is 2.34. The van der Waals surface area contributed by atoms with E-state index in [4.69, 9.17) is 15.7 Å². The third kappa shape index (κ3) is 3.65. The minimum atomic E-state index is -2.21. The third-order valence-electron chi connectivity index (χ3n) is 3.10. The molecular formula is C12H14N2O6P+. The van der Waals surface area contributed by atoms with E-state index in [1.807, 2.05) is 0 Å². The highest BCUT2D eigenvalue weighted by molar-refractivity contribution is 7.33. The third-order valence-corrected chi connectivity index (χ3v) is 3.76. The van der Waals surface area contributed by atoms with Gasteiger partial charge in [-0.15, -0.1) is 21.4 Å². The van der Waals surface area contributed by atoms with E-state index < -0.39 is 31.8 Å². The van der Waals surface area contributed by atoms with Gasteiger partial charge in [-0.25, -0.2) is 4.79 Å². The second kappa shape index (κ2) is 6.78. The normalized spacial score (nSPS) is 25.5. The molecule has 0 aliphatic carbocycles. The Bertz CT molecular complexity index is 675. The van der Waals surface area contributed by atoms with E-state index in [9.17, 15) is 14.2 Å². The zero-order chi connectivity index (χ0) is 15.4. The molecule has 1 saturated heterocycles. The van der Waals surface area contributed by atoms with Gasteiger partial charge in [-0.1, -0.05) is 0 Å². The molecule has 2 heterocycles. The fourth-order valence-corrected chi connectivity index (χ4v) is 2.45. The molecule has 1 aliphatic heterocycles. The maximum Gasteiger partial charge on any atom is 0.697 e. The molecule has 0 amide bonds. The van der Waals surface area contributed by atoms with Gasteiger partial charge in [0.2, 0.25) is 0 Å². The number of aromatic amines is 1. The highest BCUT2D eigenvalue weighted by Gasteiger charge is 2.38. The number of nitrogens with zero attached hydrogens (tertiary/aromatic N) is 1. The topological polar surface area (TPSA) is 99.6 Å². The first-order chi connectivity index (χ1) is 10.0. The second-order valence-corrected chi connectivity index (χ2v) is 5.43. The van der Waals surface area contributed by atoms with E-state index in [0.717, 1.165) is 0 Å². The van der Waals surface area contributed by atoms with E-state index in [0.29, 0.717) is 6.42 Å². The standard InChI is InChI=1S/C12H13N2O6P/c1-3-8-6-11(14-5-4-10(15)13-12(14)16)20-9(8)7-19-21(17)18-2/h1,4-5,8-9,11H,6-7H2,2H3/p+1/t8-,9?,11?/m0/s1. The van der Waals surface area contributed by atoms with Gasteiger partial charge in [0.1, 0.15) is 18.9 Å². The highest BCUT2D eigenvalue weighted by atomic mass is 31.1. The Morgan fingerprint density at radius 3 is 3.00 bits per heavy atom. The largest absolute Gasteiger partial charge is 0.697 e. The molecule has 0 radical (unpaired) electrons. The molecule has 21 heavy (non-hydrogen) atoms. The van der Waals surface area contributed by atoms with Crippen molar-refractivity contribution in [2.45, 2.75) is 18.8 Å². The van der Waals surface area contributed by atoms with Crippen LogP contribution in [0.25, 0.3) is 0 Å². The van der Waals surface area contributed by atoms with Crippen LogP contribution in [0, 0.1) is 18.3 Å². The number of aromatic nitrogens is 2. The van der Waals surface area contributed by atoms with Crippen molar-refractivity contribution >= 4 is 8.25 Å². The Hall–Kier alpha value is -1.78. The van der Waals surface area contributed by atoms with Gasteiger partial charge in [0, 0.05) is 23.2 Å². The molecule has 9 heteroatoms. The van der Waals surface area contributed by atoms with E-state index in [2.05, 4.69) is 15.4 Å². The first-order valence-corrected chi connectivity index (χ1v) is 7.22. The van der Waals surface area contributed by atoms with Crippen LogP contribution in [0.3, 0.4) is 0 Å². The Balaban J connectivity index is 2.11. The predicted octanol–water partition coefficient (Wildman–Crippen LogP) is 0.394. The molecule has 1 aliphatic rings. The zero-order valence-corrected chi connectivity index (χ0v) is 12.1. The lowest BCUT2D eigenvalue weighted by Gasteiger charge is -2.13. The van der Waals surface area contributed by atoms with Crippen molar-refractivity contribution < 1.29 is 18.3 Å². The Morgan fingerprint density at radius 2 is 2.38 bits per heavy atom. The SMILES string of the molecule is C#C[C@H]1CC(n2ccc(=O)[nH]c2=O)OC1CO[P+](=O)OC. The summed E-state index contributed by atoms with van der Waals surface area (Å²) in [6.45, 7) is -0.00743. The van der Waals surface area contributed by atoms with Crippen LogP contribution in [0.4, 0.5) is 0 Å². The molecule has 1 N–H and O–H groups in total. The first-order valence-electron chi connectivity index (χ1n) is 6.12. The molecule has 112 valence electrons. The van der Waals surface area contributed by atoms with Crippen LogP contribution in [-0.2, 0) is 18.3 Å². The molecule has 0 aromatic carbocycles. The molecule has 0 spiro atoms. The van der Waals surface area contributed by atoms with Crippen molar-refractivity contribution in [3.05, 3.63) is 33.1 Å². The van der Waals surface area contributed by atoms with Crippen molar-refractivity contribution in [3.63, 3.8) is 0 Å². The number of terminal acetylenes is 1. The Morgan fingerprint density at radius 1 is 1.62 bits per heavy atom. The lowest BCUT2D eigenvalue weighted by atomic mass is 10.0. The minimum absolute atomic E-state index is 0.00743. The summed E-state index contributed by atoms with van der Waals surface area (Å²) in [5, 5.41) is 0. The summed E-state index contributed by atoms with van der Waals surface area (Å²) in [5.74, 6) is 2.26. The van der Waals surface area contributed by atoms with Gasteiger partial charge in [-0.3, -0.25) is 14.3 Å². The van der Waals surface area contributed by atoms with Crippen LogP contribution in [0.5, 0.6) is 0 Å². The van der Waals surface area contributed by atoms with E-state index in [-0.39, 0.29) is 12.5 Å². The smallest absolute Gasteiger partial charge is 0.351 e. The molecule has 8 nitrogen and oxygen atoms in total. The average molecular weight is 313 g/mol. The van der Waals surface area contributed by atoms with Crippen molar-refractivity contribution in [1.29, 1.82) is 0 Å². The van der Waals surface area contributed by atoms with Crippen LogP contribution in [0.2, 0.25) is 0 Å². The van der Waals surface area contributed by atoms with Crippen molar-refractivity contribution in [1.82, 2.24) is 9.55 Å². The molecule has 2 rings (SSSR count). The minimum Gasteiger partial charge on any atom is -0.351 e. The summed E-state index contributed by atoms with van der Waals surface area (Å²) in [7, 11) is -0.953. The predicted molar refractivity (Wildman–Crippen MR) is 72.7 cm³/mol. The fourth-order valence-electron chi connectivity index (χ4n) is 2.07. The number of H-pyrrole nitrogens is 1. The quantitative estimate of drug-likeness (QED) is 0.624. The molecule has 0 bridgehead atoms. The molecule has 1 aromatic heterocycles. The molecule has 0 saturated carbocycles. The number of hydrogen-bond donors (Lipinski definition) is 1.